The number of hydrogen-bond acceptors (Lipinski definition) is 4. The van der Waals surface area contributed by atoms with Crippen LogP contribution in [0, 0.1) is 3.57 Å². The number of nitrogens with zero attached hydrogens (tertiary/aromatic N) is 3. The molecule has 0 bridgehead atoms. The van der Waals surface area contributed by atoms with E-state index in [0.29, 0.717) is 12.5 Å². The third-order valence-electron chi connectivity index (χ3n) is 2.36. The summed E-state index contributed by atoms with van der Waals surface area (Å²) in [6.45, 7) is 3.27. The molecule has 1 aliphatic heterocycles. The lowest BCUT2D eigenvalue weighted by atomic mass is 10.2. The van der Waals surface area contributed by atoms with Crippen molar-refractivity contribution in [3.05, 3.63) is 16.0 Å². The lowest BCUT2D eigenvalue weighted by molar-refractivity contribution is -0.122. The van der Waals surface area contributed by atoms with Crippen molar-refractivity contribution in [3.8, 4) is 0 Å². The Kier molecular flexibility index (Phi) is 3.03. The Morgan fingerprint density at radius 2 is 2.20 bits per heavy atom. The highest BCUT2D eigenvalue weighted by molar-refractivity contribution is 14.1. The topological polar surface area (TPSA) is 58.1 Å². The van der Waals surface area contributed by atoms with Gasteiger partial charge in [0, 0.05) is 29.1 Å². The molecule has 1 aliphatic rings. The smallest absolute Gasteiger partial charge is 0.242 e. The molecule has 1 fully saturated rings. The molecule has 15 heavy (non-hydrogen) atoms. The van der Waals surface area contributed by atoms with Gasteiger partial charge in [-0.3, -0.25) is 4.79 Å². The van der Waals surface area contributed by atoms with Crippen LogP contribution in [0.4, 0.5) is 5.95 Å². The molecular formula is C9H11IN4O. The molecule has 2 heterocycles. The van der Waals surface area contributed by atoms with Crippen LogP contribution in [0.5, 0.6) is 0 Å². The Hall–Kier alpha value is -0.920. The van der Waals surface area contributed by atoms with Crippen LogP contribution in [0.1, 0.15) is 6.92 Å². The summed E-state index contributed by atoms with van der Waals surface area (Å²) in [5.41, 5.74) is 0. The number of halogens is 1. The van der Waals surface area contributed by atoms with Crippen LogP contribution < -0.4 is 10.2 Å². The van der Waals surface area contributed by atoms with Crippen molar-refractivity contribution in [2.45, 2.75) is 13.0 Å². The molecule has 1 unspecified atom stereocenters. The minimum absolute atomic E-state index is 0.0309. The molecule has 80 valence electrons. The number of piperazine rings is 1. The van der Waals surface area contributed by atoms with Crippen LogP contribution in [-0.2, 0) is 4.79 Å². The largest absolute Gasteiger partial charge is 0.353 e. The van der Waals surface area contributed by atoms with Crippen LogP contribution in [0.3, 0.4) is 0 Å². The summed E-state index contributed by atoms with van der Waals surface area (Å²) in [5, 5.41) is 2.81. The molecule has 0 spiro atoms. The van der Waals surface area contributed by atoms with Gasteiger partial charge in [-0.05, 0) is 29.5 Å². The maximum absolute atomic E-state index is 11.4. The van der Waals surface area contributed by atoms with Crippen LogP contribution in [0.15, 0.2) is 12.4 Å². The molecule has 2 rings (SSSR count). The summed E-state index contributed by atoms with van der Waals surface area (Å²) in [7, 11) is 0. The minimum atomic E-state index is -0.196. The van der Waals surface area contributed by atoms with Gasteiger partial charge in [0.25, 0.3) is 0 Å². The third kappa shape index (κ3) is 2.19. The van der Waals surface area contributed by atoms with Gasteiger partial charge in [0.05, 0.1) is 0 Å². The van der Waals surface area contributed by atoms with Crippen molar-refractivity contribution in [1.82, 2.24) is 15.3 Å². The summed E-state index contributed by atoms with van der Waals surface area (Å²) >= 11 is 2.15. The molecule has 0 saturated carbocycles. The molecule has 1 aromatic rings. The van der Waals surface area contributed by atoms with Crippen molar-refractivity contribution in [2.75, 3.05) is 18.0 Å². The maximum Gasteiger partial charge on any atom is 0.242 e. The molecule has 1 saturated heterocycles. The quantitative estimate of drug-likeness (QED) is 0.762. The zero-order chi connectivity index (χ0) is 10.8. The highest BCUT2D eigenvalue weighted by Gasteiger charge is 2.26. The Bertz CT molecular complexity index is 367. The average Bonchev–Trinajstić information content (AvgIpc) is 2.24. The van der Waals surface area contributed by atoms with Crippen molar-refractivity contribution in [3.63, 3.8) is 0 Å². The Morgan fingerprint density at radius 1 is 1.53 bits per heavy atom. The first-order valence-electron chi connectivity index (χ1n) is 4.70. The molecular weight excluding hydrogens is 307 g/mol. The molecule has 1 N–H and O–H groups in total. The van der Waals surface area contributed by atoms with Crippen molar-refractivity contribution < 1.29 is 4.79 Å². The molecule has 0 aromatic carbocycles. The van der Waals surface area contributed by atoms with Gasteiger partial charge in [-0.15, -0.1) is 0 Å². The van der Waals surface area contributed by atoms with Gasteiger partial charge in [0.2, 0.25) is 11.9 Å². The number of hydrogen-bond donors (Lipinski definition) is 1. The number of aromatic nitrogens is 2. The van der Waals surface area contributed by atoms with Crippen molar-refractivity contribution >= 4 is 34.4 Å². The number of anilines is 1. The fourth-order valence-corrected chi connectivity index (χ4v) is 1.79. The van der Waals surface area contributed by atoms with E-state index in [1.54, 1.807) is 12.4 Å². The fraction of sp³-hybridized carbons (Fsp3) is 0.444. The predicted molar refractivity (Wildman–Crippen MR) is 64.6 cm³/mol. The van der Waals surface area contributed by atoms with Crippen LogP contribution in [0.2, 0.25) is 0 Å². The zero-order valence-electron chi connectivity index (χ0n) is 8.27. The first kappa shape index (κ1) is 10.6. The molecule has 1 aromatic heterocycles. The molecule has 0 radical (unpaired) electrons. The second kappa shape index (κ2) is 4.30. The Morgan fingerprint density at radius 3 is 2.87 bits per heavy atom. The molecule has 1 amide bonds. The van der Waals surface area contributed by atoms with E-state index >= 15 is 0 Å². The van der Waals surface area contributed by atoms with E-state index in [-0.39, 0.29) is 11.9 Å². The third-order valence-corrected chi connectivity index (χ3v) is 2.92. The van der Waals surface area contributed by atoms with E-state index < -0.39 is 0 Å². The first-order chi connectivity index (χ1) is 7.18. The zero-order valence-corrected chi connectivity index (χ0v) is 10.4. The van der Waals surface area contributed by atoms with Gasteiger partial charge in [0.1, 0.15) is 6.04 Å². The average molecular weight is 318 g/mol. The summed E-state index contributed by atoms with van der Waals surface area (Å²) < 4.78 is 0.991. The van der Waals surface area contributed by atoms with Crippen LogP contribution >= 0.6 is 22.6 Å². The maximum atomic E-state index is 11.4. The van der Waals surface area contributed by atoms with Gasteiger partial charge < -0.3 is 10.2 Å². The van der Waals surface area contributed by atoms with Gasteiger partial charge >= 0.3 is 0 Å². The fourth-order valence-electron chi connectivity index (χ4n) is 1.51. The van der Waals surface area contributed by atoms with Crippen molar-refractivity contribution in [1.29, 1.82) is 0 Å². The van der Waals surface area contributed by atoms with Crippen molar-refractivity contribution in [2.24, 2.45) is 0 Å². The summed E-state index contributed by atoms with van der Waals surface area (Å²) in [4.78, 5) is 21.8. The van der Waals surface area contributed by atoms with Gasteiger partial charge in [0.15, 0.2) is 0 Å². The van der Waals surface area contributed by atoms with E-state index in [9.17, 15) is 4.79 Å². The summed E-state index contributed by atoms with van der Waals surface area (Å²) in [6.07, 6.45) is 3.50. The van der Waals surface area contributed by atoms with E-state index in [1.807, 2.05) is 11.8 Å². The number of rotatable bonds is 1. The van der Waals surface area contributed by atoms with Gasteiger partial charge in [-0.25, -0.2) is 9.97 Å². The summed E-state index contributed by atoms with van der Waals surface area (Å²) in [5.74, 6) is 0.654. The number of carbonyl (C=O) groups is 1. The second-order valence-electron chi connectivity index (χ2n) is 3.36. The molecule has 1 atom stereocenters. The lowest BCUT2D eigenvalue weighted by Gasteiger charge is -2.32. The molecule has 5 nitrogen and oxygen atoms in total. The highest BCUT2D eigenvalue weighted by atomic mass is 127. The van der Waals surface area contributed by atoms with Crippen LogP contribution in [-0.4, -0.2) is 35.0 Å². The Labute approximate surface area is 101 Å². The second-order valence-corrected chi connectivity index (χ2v) is 4.61. The minimum Gasteiger partial charge on any atom is -0.353 e. The molecule has 6 heteroatoms. The Balaban J connectivity index is 2.22. The SMILES string of the molecule is CC1C(=O)NCCN1c1ncc(I)cn1. The first-order valence-corrected chi connectivity index (χ1v) is 5.78. The predicted octanol–water partition coefficient (Wildman–Crippen LogP) is 0.406. The molecule has 0 aliphatic carbocycles. The summed E-state index contributed by atoms with van der Waals surface area (Å²) in [6, 6.07) is -0.196. The number of amides is 1. The van der Waals surface area contributed by atoms with Gasteiger partial charge in [-0.2, -0.15) is 0 Å². The highest BCUT2D eigenvalue weighted by Crippen LogP contribution is 2.13. The number of nitrogens with one attached hydrogen (secondary N) is 1. The van der Waals surface area contributed by atoms with E-state index in [1.165, 1.54) is 0 Å². The van der Waals surface area contributed by atoms with Gasteiger partial charge in [-0.1, -0.05) is 0 Å². The van der Waals surface area contributed by atoms with E-state index in [0.717, 1.165) is 10.1 Å². The normalized spacial score (nSPS) is 21.3. The van der Waals surface area contributed by atoms with E-state index in [2.05, 4.69) is 37.9 Å². The lowest BCUT2D eigenvalue weighted by Crippen LogP contribution is -2.54. The van der Waals surface area contributed by atoms with Crippen LogP contribution in [0.25, 0.3) is 0 Å². The standard InChI is InChI=1S/C9H11IN4O/c1-6-8(15)11-2-3-14(6)9-12-4-7(10)5-13-9/h4-6H,2-3H2,1H3,(H,11,15). The monoisotopic (exact) mass is 318 g/mol. The number of carbonyl (C=O) groups excluding carboxylic acids is 1. The van der Waals surface area contributed by atoms with E-state index in [4.69, 9.17) is 0 Å².